The molecular weight excluding hydrogens is 502 g/mol. The van der Waals surface area contributed by atoms with Crippen LogP contribution in [0, 0.1) is 0 Å². The molecule has 0 aliphatic carbocycles. The topological polar surface area (TPSA) is 49.9 Å². The molecule has 7 aromatic rings. The second kappa shape index (κ2) is 9.61. The summed E-state index contributed by atoms with van der Waals surface area (Å²) in [5.41, 5.74) is 6.93. The van der Waals surface area contributed by atoms with Crippen molar-refractivity contribution in [3.63, 3.8) is 0 Å². The van der Waals surface area contributed by atoms with E-state index < -0.39 is 0 Å². The van der Waals surface area contributed by atoms with Crippen LogP contribution in [0.15, 0.2) is 154 Å². The van der Waals surface area contributed by atoms with E-state index in [2.05, 4.69) is 108 Å². The number of nitrogens with one attached hydrogen (secondary N) is 1. The highest BCUT2D eigenvalue weighted by Crippen LogP contribution is 2.39. The molecule has 1 aliphatic rings. The van der Waals surface area contributed by atoms with Crippen molar-refractivity contribution < 1.29 is 4.42 Å². The zero-order valence-corrected chi connectivity index (χ0v) is 22.2. The Bertz CT molecular complexity index is 2120. The van der Waals surface area contributed by atoms with E-state index in [1.54, 1.807) is 0 Å². The smallest absolute Gasteiger partial charge is 0.160 e. The number of rotatable bonds is 4. The predicted molar refractivity (Wildman–Crippen MR) is 168 cm³/mol. The van der Waals surface area contributed by atoms with E-state index in [9.17, 15) is 0 Å². The summed E-state index contributed by atoms with van der Waals surface area (Å²) in [5.74, 6) is 1.47. The van der Waals surface area contributed by atoms with Gasteiger partial charge in [0, 0.05) is 27.5 Å². The Hall–Kier alpha value is -5.48. The minimum atomic E-state index is -0.333. The van der Waals surface area contributed by atoms with E-state index in [4.69, 9.17) is 14.4 Å². The lowest BCUT2D eigenvalue weighted by Crippen LogP contribution is -2.33. The van der Waals surface area contributed by atoms with E-state index in [-0.39, 0.29) is 6.17 Å². The molecule has 0 spiro atoms. The number of fused-ring (bicyclic) bond motifs is 4. The first-order chi connectivity index (χ1) is 20.3. The van der Waals surface area contributed by atoms with Crippen LogP contribution in [0.25, 0.3) is 43.8 Å². The summed E-state index contributed by atoms with van der Waals surface area (Å²) < 4.78 is 6.34. The molecule has 0 amide bonds. The molecule has 41 heavy (non-hydrogen) atoms. The SMILES string of the molecule is c1ccc(C2=NC(c3c(-c4ccccc4)ccc4oc5ccccc5c34)=NC(c3cccc4ccccc34)N2)cc1. The second-order valence-electron chi connectivity index (χ2n) is 10.2. The lowest BCUT2D eigenvalue weighted by molar-refractivity contribution is 0.668. The van der Waals surface area contributed by atoms with Crippen molar-refractivity contribution >= 4 is 44.4 Å². The molecule has 1 N–H and O–H groups in total. The lowest BCUT2D eigenvalue weighted by Gasteiger charge is -2.25. The molecule has 0 fully saturated rings. The Morgan fingerprint density at radius 2 is 1.24 bits per heavy atom. The van der Waals surface area contributed by atoms with Gasteiger partial charge in [-0.25, -0.2) is 9.98 Å². The first-order valence-electron chi connectivity index (χ1n) is 13.8. The van der Waals surface area contributed by atoms with Gasteiger partial charge in [0.15, 0.2) is 5.84 Å². The van der Waals surface area contributed by atoms with Crippen LogP contribution in [0.2, 0.25) is 0 Å². The zero-order chi connectivity index (χ0) is 27.2. The fraction of sp³-hybridized carbons (Fsp3) is 0.0270. The van der Waals surface area contributed by atoms with Crippen molar-refractivity contribution in [2.45, 2.75) is 6.17 Å². The fourth-order valence-corrected chi connectivity index (χ4v) is 5.86. The van der Waals surface area contributed by atoms with Crippen molar-refractivity contribution in [2.24, 2.45) is 9.98 Å². The molecule has 1 unspecified atom stereocenters. The maximum Gasteiger partial charge on any atom is 0.160 e. The number of hydrogen-bond acceptors (Lipinski definition) is 4. The zero-order valence-electron chi connectivity index (χ0n) is 22.2. The van der Waals surface area contributed by atoms with Crippen LogP contribution in [-0.4, -0.2) is 11.7 Å². The van der Waals surface area contributed by atoms with Gasteiger partial charge in [-0.1, -0.05) is 121 Å². The van der Waals surface area contributed by atoms with Crippen molar-refractivity contribution in [3.05, 3.63) is 156 Å². The maximum atomic E-state index is 6.34. The first-order valence-corrected chi connectivity index (χ1v) is 13.8. The molecule has 0 radical (unpaired) electrons. The van der Waals surface area contributed by atoms with Crippen LogP contribution in [0.3, 0.4) is 0 Å². The van der Waals surface area contributed by atoms with Crippen LogP contribution in [0.1, 0.15) is 22.9 Å². The Kier molecular flexibility index (Phi) is 5.49. The standard InChI is InChI=1S/C37H25N3O/c1-3-12-25(13-4-1)28-22-23-32-33(30-19-9-10-21-31(30)41-32)34(28)37-39-35(26-15-5-2-6-16-26)38-36(40-37)29-20-11-17-24-14-7-8-18-27(24)29/h1-23,36H,(H,38,39,40). The Balaban J connectivity index is 1.45. The minimum Gasteiger partial charge on any atom is -0.456 e. The highest BCUT2D eigenvalue weighted by atomic mass is 16.3. The monoisotopic (exact) mass is 527 g/mol. The van der Waals surface area contributed by atoms with E-state index in [0.717, 1.165) is 55.6 Å². The average Bonchev–Trinajstić information content (AvgIpc) is 3.43. The third kappa shape index (κ3) is 4.00. The van der Waals surface area contributed by atoms with Gasteiger partial charge < -0.3 is 9.73 Å². The predicted octanol–water partition coefficient (Wildman–Crippen LogP) is 8.90. The molecule has 4 heteroatoms. The molecule has 6 aromatic carbocycles. The quantitative estimate of drug-likeness (QED) is 0.248. The Morgan fingerprint density at radius 3 is 2.07 bits per heavy atom. The van der Waals surface area contributed by atoms with Crippen LogP contribution < -0.4 is 5.32 Å². The van der Waals surface area contributed by atoms with Gasteiger partial charge in [-0.15, -0.1) is 0 Å². The van der Waals surface area contributed by atoms with Gasteiger partial charge in [0.2, 0.25) is 0 Å². The van der Waals surface area contributed by atoms with E-state index in [1.165, 1.54) is 10.8 Å². The molecule has 1 aliphatic heterocycles. The summed E-state index contributed by atoms with van der Waals surface area (Å²) in [6.45, 7) is 0. The lowest BCUT2D eigenvalue weighted by atomic mass is 9.94. The number of benzene rings is 6. The molecule has 0 bridgehead atoms. The Morgan fingerprint density at radius 1 is 0.561 bits per heavy atom. The van der Waals surface area contributed by atoms with Crippen LogP contribution in [0.4, 0.5) is 0 Å². The highest BCUT2D eigenvalue weighted by molar-refractivity contribution is 6.24. The molecule has 0 saturated heterocycles. The number of amidine groups is 2. The van der Waals surface area contributed by atoms with Gasteiger partial charge in [-0.3, -0.25) is 0 Å². The highest BCUT2D eigenvalue weighted by Gasteiger charge is 2.26. The largest absolute Gasteiger partial charge is 0.456 e. The van der Waals surface area contributed by atoms with Gasteiger partial charge in [0.25, 0.3) is 0 Å². The number of furan rings is 1. The number of hydrogen-bond donors (Lipinski definition) is 1. The third-order valence-electron chi connectivity index (χ3n) is 7.76. The summed E-state index contributed by atoms with van der Waals surface area (Å²) in [6, 6.07) is 48.0. The summed E-state index contributed by atoms with van der Waals surface area (Å²) in [4.78, 5) is 10.6. The van der Waals surface area contributed by atoms with E-state index in [0.29, 0.717) is 5.84 Å². The summed E-state index contributed by atoms with van der Waals surface area (Å²) >= 11 is 0. The van der Waals surface area contributed by atoms with Crippen LogP contribution in [0.5, 0.6) is 0 Å². The Labute approximate surface area is 237 Å². The van der Waals surface area contributed by atoms with Crippen LogP contribution in [-0.2, 0) is 0 Å². The minimum absolute atomic E-state index is 0.333. The molecule has 194 valence electrons. The van der Waals surface area contributed by atoms with Gasteiger partial charge in [0.05, 0.1) is 0 Å². The normalized spacial score (nSPS) is 15.1. The van der Waals surface area contributed by atoms with Gasteiger partial charge in [0.1, 0.15) is 23.2 Å². The van der Waals surface area contributed by atoms with Gasteiger partial charge >= 0.3 is 0 Å². The van der Waals surface area contributed by atoms with Gasteiger partial charge in [-0.2, -0.15) is 0 Å². The van der Waals surface area contributed by atoms with Crippen molar-refractivity contribution in [3.8, 4) is 11.1 Å². The molecule has 8 rings (SSSR count). The molecule has 0 saturated carbocycles. The summed E-state index contributed by atoms with van der Waals surface area (Å²) in [5, 5.41) is 8.08. The summed E-state index contributed by atoms with van der Waals surface area (Å²) in [7, 11) is 0. The molecule has 1 atom stereocenters. The van der Waals surface area contributed by atoms with Crippen LogP contribution >= 0.6 is 0 Å². The molecular formula is C37H25N3O. The average molecular weight is 528 g/mol. The van der Waals surface area contributed by atoms with E-state index in [1.807, 2.05) is 36.4 Å². The third-order valence-corrected chi connectivity index (χ3v) is 7.76. The van der Waals surface area contributed by atoms with Gasteiger partial charge in [-0.05, 0) is 40.1 Å². The molecule has 1 aromatic heterocycles. The summed E-state index contributed by atoms with van der Waals surface area (Å²) in [6.07, 6.45) is -0.333. The fourth-order valence-electron chi connectivity index (χ4n) is 5.86. The van der Waals surface area contributed by atoms with Crippen molar-refractivity contribution in [1.29, 1.82) is 0 Å². The number of para-hydroxylation sites is 1. The van der Waals surface area contributed by atoms with E-state index >= 15 is 0 Å². The van der Waals surface area contributed by atoms with Crippen molar-refractivity contribution in [2.75, 3.05) is 0 Å². The number of nitrogens with zero attached hydrogens (tertiary/aromatic N) is 2. The number of aliphatic imine (C=N–C) groups is 2. The van der Waals surface area contributed by atoms with Crippen molar-refractivity contribution in [1.82, 2.24) is 5.32 Å². The second-order valence-corrected chi connectivity index (χ2v) is 10.2. The molecule has 2 heterocycles. The first kappa shape index (κ1) is 23.4. The maximum absolute atomic E-state index is 6.34. The molecule has 4 nitrogen and oxygen atoms in total.